The highest BCUT2D eigenvalue weighted by molar-refractivity contribution is 6.04. The van der Waals surface area contributed by atoms with Gasteiger partial charge in [0.15, 0.2) is 0 Å². The molecule has 7 heteroatoms. The van der Waals surface area contributed by atoms with Gasteiger partial charge in [0.2, 0.25) is 0 Å². The van der Waals surface area contributed by atoms with Gasteiger partial charge in [-0.15, -0.1) is 0 Å². The van der Waals surface area contributed by atoms with Crippen molar-refractivity contribution >= 4 is 11.6 Å². The average Bonchev–Trinajstić information content (AvgIpc) is 3.07. The SMILES string of the molecule is Cc1cnc(-c2ccccc2NC(=O)c2cn(C)c(=O)n2C)[nH]1. The first-order valence-corrected chi connectivity index (χ1v) is 7.12. The molecular formula is C16H17N5O2. The predicted octanol–water partition coefficient (Wildman–Crippen LogP) is 1.67. The number of nitrogens with one attached hydrogen (secondary N) is 2. The van der Waals surface area contributed by atoms with Gasteiger partial charge in [0.1, 0.15) is 11.5 Å². The second-order valence-electron chi connectivity index (χ2n) is 5.38. The predicted molar refractivity (Wildman–Crippen MR) is 87.4 cm³/mol. The maximum absolute atomic E-state index is 12.5. The molecule has 23 heavy (non-hydrogen) atoms. The molecule has 0 atom stereocenters. The fraction of sp³-hybridized carbons (Fsp3) is 0.188. The molecule has 0 aliphatic heterocycles. The molecule has 2 heterocycles. The van der Waals surface area contributed by atoms with E-state index < -0.39 is 0 Å². The molecule has 0 fully saturated rings. The minimum absolute atomic E-state index is 0.245. The van der Waals surface area contributed by atoms with E-state index in [1.165, 1.54) is 15.3 Å². The summed E-state index contributed by atoms with van der Waals surface area (Å²) in [4.78, 5) is 31.7. The largest absolute Gasteiger partial charge is 0.342 e. The maximum atomic E-state index is 12.5. The molecule has 0 radical (unpaired) electrons. The van der Waals surface area contributed by atoms with Gasteiger partial charge in [0, 0.05) is 37.7 Å². The van der Waals surface area contributed by atoms with Gasteiger partial charge in [-0.25, -0.2) is 9.78 Å². The van der Waals surface area contributed by atoms with Crippen LogP contribution in [0.25, 0.3) is 11.4 Å². The van der Waals surface area contributed by atoms with Gasteiger partial charge in [0.05, 0.1) is 5.69 Å². The number of amides is 1. The van der Waals surface area contributed by atoms with Gasteiger partial charge in [-0.1, -0.05) is 12.1 Å². The van der Waals surface area contributed by atoms with Gasteiger partial charge in [0.25, 0.3) is 5.91 Å². The van der Waals surface area contributed by atoms with Gasteiger partial charge < -0.3 is 14.9 Å². The summed E-state index contributed by atoms with van der Waals surface area (Å²) < 4.78 is 2.69. The third-order valence-electron chi connectivity index (χ3n) is 3.63. The number of para-hydroxylation sites is 1. The van der Waals surface area contributed by atoms with Crippen molar-refractivity contribution < 1.29 is 4.79 Å². The first-order valence-electron chi connectivity index (χ1n) is 7.12. The number of hydrogen-bond donors (Lipinski definition) is 2. The van der Waals surface area contributed by atoms with E-state index in [4.69, 9.17) is 0 Å². The number of anilines is 1. The lowest BCUT2D eigenvalue weighted by atomic mass is 10.1. The summed E-state index contributed by atoms with van der Waals surface area (Å²) in [5, 5.41) is 2.84. The zero-order valence-corrected chi connectivity index (χ0v) is 13.1. The lowest BCUT2D eigenvalue weighted by Gasteiger charge is -2.09. The molecule has 2 N–H and O–H groups in total. The van der Waals surface area contributed by atoms with Crippen LogP contribution in [0.3, 0.4) is 0 Å². The number of rotatable bonds is 3. The number of H-pyrrole nitrogens is 1. The molecule has 0 saturated carbocycles. The Labute approximate surface area is 132 Å². The Balaban J connectivity index is 1.96. The summed E-state index contributed by atoms with van der Waals surface area (Å²) in [6.45, 7) is 1.91. The molecule has 1 amide bonds. The number of aromatic nitrogens is 4. The molecule has 0 aliphatic rings. The maximum Gasteiger partial charge on any atom is 0.328 e. The molecule has 7 nitrogen and oxygen atoms in total. The molecule has 118 valence electrons. The summed E-state index contributed by atoms with van der Waals surface area (Å²) >= 11 is 0. The van der Waals surface area contributed by atoms with Crippen LogP contribution in [-0.4, -0.2) is 25.0 Å². The van der Waals surface area contributed by atoms with E-state index in [1.807, 2.05) is 25.1 Å². The quantitative estimate of drug-likeness (QED) is 0.771. The van der Waals surface area contributed by atoms with Crippen molar-refractivity contribution in [1.82, 2.24) is 19.1 Å². The van der Waals surface area contributed by atoms with E-state index >= 15 is 0 Å². The first-order chi connectivity index (χ1) is 11.0. The molecule has 3 rings (SSSR count). The van der Waals surface area contributed by atoms with Crippen LogP contribution >= 0.6 is 0 Å². The van der Waals surface area contributed by atoms with Gasteiger partial charge in [-0.3, -0.25) is 9.36 Å². The molecule has 3 aromatic rings. The minimum Gasteiger partial charge on any atom is -0.342 e. The zero-order chi connectivity index (χ0) is 16.6. The smallest absolute Gasteiger partial charge is 0.328 e. The summed E-state index contributed by atoms with van der Waals surface area (Å²) in [6, 6.07) is 7.38. The third-order valence-corrected chi connectivity index (χ3v) is 3.63. The molecule has 2 aromatic heterocycles. The Morgan fingerprint density at radius 3 is 2.61 bits per heavy atom. The fourth-order valence-electron chi connectivity index (χ4n) is 2.41. The Bertz CT molecular complexity index is 932. The van der Waals surface area contributed by atoms with Crippen molar-refractivity contribution in [2.45, 2.75) is 6.92 Å². The van der Waals surface area contributed by atoms with E-state index in [9.17, 15) is 9.59 Å². The summed E-state index contributed by atoms with van der Waals surface area (Å²) in [5.74, 6) is 0.335. The Kier molecular flexibility index (Phi) is 3.61. The molecule has 1 aromatic carbocycles. The van der Waals surface area contributed by atoms with E-state index in [-0.39, 0.29) is 11.6 Å². The second-order valence-corrected chi connectivity index (χ2v) is 5.38. The number of hydrogen-bond acceptors (Lipinski definition) is 3. The standard InChI is InChI=1S/C16H17N5O2/c1-10-8-17-14(18-10)11-6-4-5-7-12(11)19-15(22)13-9-20(2)16(23)21(13)3/h4-9H,1-3H3,(H,17,18)(H,19,22). The molecular weight excluding hydrogens is 294 g/mol. The minimum atomic E-state index is -0.346. The van der Waals surface area contributed by atoms with Crippen LogP contribution in [0.4, 0.5) is 5.69 Å². The van der Waals surface area contributed by atoms with E-state index in [0.717, 1.165) is 11.3 Å². The molecule has 0 unspecified atom stereocenters. The van der Waals surface area contributed by atoms with Crippen LogP contribution in [0.15, 0.2) is 41.5 Å². The number of aryl methyl sites for hydroxylation is 2. The third kappa shape index (κ3) is 2.68. The molecule has 0 bridgehead atoms. The zero-order valence-electron chi connectivity index (χ0n) is 13.1. The van der Waals surface area contributed by atoms with Crippen molar-refractivity contribution in [3.8, 4) is 11.4 Å². The van der Waals surface area contributed by atoms with Crippen LogP contribution in [-0.2, 0) is 14.1 Å². The number of carbonyl (C=O) groups is 1. The van der Waals surface area contributed by atoms with E-state index in [1.54, 1.807) is 26.4 Å². The van der Waals surface area contributed by atoms with Crippen LogP contribution < -0.4 is 11.0 Å². The molecule has 0 spiro atoms. The lowest BCUT2D eigenvalue weighted by molar-refractivity contribution is 0.101. The first kappa shape index (κ1) is 14.8. The lowest BCUT2D eigenvalue weighted by Crippen LogP contribution is -2.23. The van der Waals surface area contributed by atoms with Crippen molar-refractivity contribution in [3.63, 3.8) is 0 Å². The normalized spacial score (nSPS) is 10.7. The number of carbonyl (C=O) groups excluding carboxylic acids is 1. The number of imidazole rings is 2. The Hall–Kier alpha value is -3.09. The number of nitrogens with zero attached hydrogens (tertiary/aromatic N) is 3. The van der Waals surface area contributed by atoms with Crippen molar-refractivity contribution in [1.29, 1.82) is 0 Å². The van der Waals surface area contributed by atoms with Crippen molar-refractivity contribution in [2.24, 2.45) is 14.1 Å². The number of benzene rings is 1. The topological polar surface area (TPSA) is 84.7 Å². The monoisotopic (exact) mass is 311 g/mol. The highest BCUT2D eigenvalue weighted by Gasteiger charge is 2.16. The highest BCUT2D eigenvalue weighted by atomic mass is 16.2. The summed E-state index contributed by atoms with van der Waals surface area (Å²) in [6.07, 6.45) is 3.24. The van der Waals surface area contributed by atoms with Crippen LogP contribution in [0.1, 0.15) is 16.2 Å². The van der Waals surface area contributed by atoms with E-state index in [2.05, 4.69) is 15.3 Å². The van der Waals surface area contributed by atoms with Crippen LogP contribution in [0.2, 0.25) is 0 Å². The Morgan fingerprint density at radius 1 is 1.26 bits per heavy atom. The fourth-order valence-corrected chi connectivity index (χ4v) is 2.41. The van der Waals surface area contributed by atoms with E-state index in [0.29, 0.717) is 17.2 Å². The van der Waals surface area contributed by atoms with Crippen molar-refractivity contribution in [3.05, 3.63) is 58.5 Å². The molecule has 0 saturated heterocycles. The van der Waals surface area contributed by atoms with Gasteiger partial charge >= 0.3 is 5.69 Å². The molecule has 0 aliphatic carbocycles. The van der Waals surface area contributed by atoms with Crippen LogP contribution in [0.5, 0.6) is 0 Å². The summed E-state index contributed by atoms with van der Waals surface area (Å²) in [7, 11) is 3.18. The highest BCUT2D eigenvalue weighted by Crippen LogP contribution is 2.25. The number of aromatic amines is 1. The summed E-state index contributed by atoms with van der Waals surface area (Å²) in [5.41, 5.74) is 2.40. The van der Waals surface area contributed by atoms with Crippen LogP contribution in [0, 0.1) is 6.92 Å². The van der Waals surface area contributed by atoms with Gasteiger partial charge in [-0.05, 0) is 19.1 Å². The second kappa shape index (κ2) is 5.60. The average molecular weight is 311 g/mol. The van der Waals surface area contributed by atoms with Gasteiger partial charge in [-0.2, -0.15) is 0 Å². The Morgan fingerprint density at radius 2 is 2.00 bits per heavy atom. The van der Waals surface area contributed by atoms with Crippen molar-refractivity contribution in [2.75, 3.05) is 5.32 Å².